The Bertz CT molecular complexity index is 1560. The molecule has 0 saturated heterocycles. The zero-order valence-electron chi connectivity index (χ0n) is 26.0. The quantitative estimate of drug-likeness (QED) is 0.159. The second-order valence-electron chi connectivity index (χ2n) is 11.4. The first-order valence-corrected chi connectivity index (χ1v) is 15.6. The summed E-state index contributed by atoms with van der Waals surface area (Å²) in [4.78, 5) is 30.5. The van der Waals surface area contributed by atoms with Gasteiger partial charge in [-0.1, -0.05) is 43.5 Å². The van der Waals surface area contributed by atoms with Gasteiger partial charge in [0.05, 0.1) is 12.3 Å². The number of aliphatic carboxylic acids is 1. The number of rotatable bonds is 13. The molecule has 0 radical (unpaired) electrons. The van der Waals surface area contributed by atoms with Gasteiger partial charge in [0.25, 0.3) is 0 Å². The SMILES string of the molecule is Cc1oc(-c2ccc(N(C)c3ccccc3)cc2)nc1CCOc1ccc(CCC(=O)O)c(COC(=O)NC2CCCCC2)c1. The Morgan fingerprint density at radius 1 is 0.956 bits per heavy atom. The summed E-state index contributed by atoms with van der Waals surface area (Å²) in [7, 11) is 2.03. The van der Waals surface area contributed by atoms with E-state index in [0.29, 0.717) is 31.1 Å². The maximum Gasteiger partial charge on any atom is 0.407 e. The number of carboxylic acids is 1. The van der Waals surface area contributed by atoms with Crippen molar-refractivity contribution in [1.29, 1.82) is 0 Å². The van der Waals surface area contributed by atoms with E-state index in [1.54, 1.807) is 0 Å². The number of aryl methyl sites for hydroxylation is 2. The predicted molar refractivity (Wildman–Crippen MR) is 173 cm³/mol. The molecule has 0 aliphatic heterocycles. The zero-order chi connectivity index (χ0) is 31.6. The number of carboxylic acid groups (broad SMARTS) is 1. The van der Waals surface area contributed by atoms with E-state index in [-0.39, 0.29) is 19.1 Å². The summed E-state index contributed by atoms with van der Waals surface area (Å²) in [5, 5.41) is 12.1. The number of hydrogen-bond donors (Lipinski definition) is 2. The van der Waals surface area contributed by atoms with E-state index in [1.165, 1.54) is 6.42 Å². The Kier molecular flexibility index (Phi) is 10.7. The Balaban J connectivity index is 1.18. The molecule has 1 aliphatic carbocycles. The first-order valence-electron chi connectivity index (χ1n) is 15.6. The summed E-state index contributed by atoms with van der Waals surface area (Å²) in [6.45, 7) is 2.30. The number of anilines is 2. The number of alkyl carbamates (subject to hydrolysis) is 1. The van der Waals surface area contributed by atoms with Crippen molar-refractivity contribution in [1.82, 2.24) is 10.3 Å². The molecule has 4 aromatic rings. The molecule has 9 heteroatoms. The van der Waals surface area contributed by atoms with Crippen molar-refractivity contribution >= 4 is 23.4 Å². The fraction of sp³-hybridized carbons (Fsp3) is 0.361. The van der Waals surface area contributed by atoms with Crippen LogP contribution in [0.3, 0.4) is 0 Å². The van der Waals surface area contributed by atoms with Crippen LogP contribution in [0.25, 0.3) is 11.5 Å². The molecule has 1 fully saturated rings. The molecule has 1 saturated carbocycles. The number of oxazole rings is 1. The number of nitrogens with zero attached hydrogens (tertiary/aromatic N) is 2. The number of benzene rings is 3. The van der Waals surface area contributed by atoms with Gasteiger partial charge in [-0.15, -0.1) is 0 Å². The van der Waals surface area contributed by atoms with Crippen LogP contribution in [0.15, 0.2) is 77.2 Å². The van der Waals surface area contributed by atoms with E-state index in [9.17, 15) is 14.7 Å². The van der Waals surface area contributed by atoms with Crippen molar-refractivity contribution in [2.45, 2.75) is 70.9 Å². The summed E-state index contributed by atoms with van der Waals surface area (Å²) >= 11 is 0. The lowest BCUT2D eigenvalue weighted by molar-refractivity contribution is -0.136. The Hall–Kier alpha value is -4.79. The number of aromatic nitrogens is 1. The van der Waals surface area contributed by atoms with Crippen molar-refractivity contribution in [2.75, 3.05) is 18.6 Å². The van der Waals surface area contributed by atoms with Crippen LogP contribution < -0.4 is 15.0 Å². The van der Waals surface area contributed by atoms with Crippen molar-refractivity contribution in [3.63, 3.8) is 0 Å². The van der Waals surface area contributed by atoms with E-state index in [2.05, 4.69) is 22.3 Å². The topological polar surface area (TPSA) is 114 Å². The minimum absolute atomic E-state index is 0.0122. The van der Waals surface area contributed by atoms with Crippen molar-refractivity contribution < 1.29 is 28.6 Å². The van der Waals surface area contributed by atoms with Crippen LogP contribution in [0, 0.1) is 6.92 Å². The highest BCUT2D eigenvalue weighted by molar-refractivity contribution is 5.68. The molecule has 9 nitrogen and oxygen atoms in total. The van der Waals surface area contributed by atoms with Gasteiger partial charge in [0.2, 0.25) is 5.89 Å². The normalized spacial score (nSPS) is 13.3. The number of carbonyl (C=O) groups is 2. The molecule has 3 aromatic carbocycles. The maximum absolute atomic E-state index is 12.4. The van der Waals surface area contributed by atoms with E-state index >= 15 is 0 Å². The molecule has 0 unspecified atom stereocenters. The molecule has 0 bridgehead atoms. The van der Waals surface area contributed by atoms with Crippen molar-refractivity contribution in [2.24, 2.45) is 0 Å². The highest BCUT2D eigenvalue weighted by atomic mass is 16.5. The van der Waals surface area contributed by atoms with Gasteiger partial charge >= 0.3 is 12.1 Å². The second-order valence-corrected chi connectivity index (χ2v) is 11.4. The number of carbonyl (C=O) groups excluding carboxylic acids is 1. The Labute approximate surface area is 264 Å². The molecule has 1 aliphatic rings. The third kappa shape index (κ3) is 8.88. The third-order valence-corrected chi connectivity index (χ3v) is 8.22. The third-order valence-electron chi connectivity index (χ3n) is 8.22. The zero-order valence-corrected chi connectivity index (χ0v) is 26.0. The number of para-hydroxylation sites is 1. The fourth-order valence-electron chi connectivity index (χ4n) is 5.59. The Morgan fingerprint density at radius 2 is 1.69 bits per heavy atom. The molecule has 0 spiro atoms. The second kappa shape index (κ2) is 15.3. The highest BCUT2D eigenvalue weighted by Crippen LogP contribution is 2.28. The molecular weight excluding hydrogens is 570 g/mol. The monoisotopic (exact) mass is 611 g/mol. The van der Waals surface area contributed by atoms with Gasteiger partial charge in [0.15, 0.2) is 0 Å². The van der Waals surface area contributed by atoms with Crippen molar-refractivity contribution in [3.05, 3.63) is 95.4 Å². The largest absolute Gasteiger partial charge is 0.493 e. The lowest BCUT2D eigenvalue weighted by Gasteiger charge is -2.22. The molecule has 1 amide bonds. The molecule has 1 heterocycles. The van der Waals surface area contributed by atoms with Gasteiger partial charge in [-0.25, -0.2) is 9.78 Å². The molecule has 236 valence electrons. The van der Waals surface area contributed by atoms with Crippen molar-refractivity contribution in [3.8, 4) is 17.2 Å². The van der Waals surface area contributed by atoms with E-state index < -0.39 is 12.1 Å². The molecule has 5 rings (SSSR count). The molecule has 2 N–H and O–H groups in total. The lowest BCUT2D eigenvalue weighted by atomic mass is 9.96. The first-order chi connectivity index (χ1) is 21.9. The minimum Gasteiger partial charge on any atom is -0.493 e. The van der Waals surface area contributed by atoms with Crippen LogP contribution in [-0.4, -0.2) is 41.8 Å². The number of ether oxygens (including phenoxy) is 2. The number of nitrogens with one attached hydrogen (secondary N) is 1. The van der Waals surface area contributed by atoms with E-state index in [0.717, 1.165) is 65.2 Å². The molecule has 0 atom stereocenters. The van der Waals surface area contributed by atoms with Gasteiger partial charge in [-0.2, -0.15) is 0 Å². The lowest BCUT2D eigenvalue weighted by Crippen LogP contribution is -2.36. The van der Waals surface area contributed by atoms with E-state index in [4.69, 9.17) is 18.9 Å². The van der Waals surface area contributed by atoms with Gasteiger partial charge in [-0.3, -0.25) is 4.79 Å². The summed E-state index contributed by atoms with van der Waals surface area (Å²) in [5.74, 6) is 1.03. The van der Waals surface area contributed by atoms with Gasteiger partial charge in [0, 0.05) is 42.9 Å². The van der Waals surface area contributed by atoms with Crippen LogP contribution in [0.5, 0.6) is 5.75 Å². The Morgan fingerprint density at radius 3 is 2.42 bits per heavy atom. The van der Waals surface area contributed by atoms with Gasteiger partial charge in [-0.05, 0) is 85.8 Å². The highest BCUT2D eigenvalue weighted by Gasteiger charge is 2.18. The minimum atomic E-state index is -0.880. The fourth-order valence-corrected chi connectivity index (χ4v) is 5.59. The summed E-state index contributed by atoms with van der Waals surface area (Å²) in [6, 6.07) is 23.9. The first kappa shape index (κ1) is 31.6. The summed E-state index contributed by atoms with van der Waals surface area (Å²) < 4.78 is 17.6. The number of hydrogen-bond acceptors (Lipinski definition) is 7. The standard InChI is InChI=1S/C36H41N3O6/c1-25-33(38-35(45-25)27-13-17-31(18-14-27)39(2)30-11-7-4-8-12-30)21-22-43-32-19-15-26(16-20-34(40)41)28(23-32)24-44-36(42)37-29-9-5-3-6-10-29/h4,7-8,11-15,17-19,23,29H,3,5-6,9-10,16,20-22,24H2,1-2H3,(H,37,42)(H,40,41). The maximum atomic E-state index is 12.4. The van der Waals surface area contributed by atoms with Crippen LogP contribution in [0.2, 0.25) is 0 Å². The van der Waals surface area contributed by atoms with Gasteiger partial charge < -0.3 is 29.2 Å². The van der Waals surface area contributed by atoms with Crippen LogP contribution >= 0.6 is 0 Å². The molecule has 1 aromatic heterocycles. The predicted octanol–water partition coefficient (Wildman–Crippen LogP) is 7.62. The van der Waals surface area contributed by atoms with E-state index in [1.807, 2.05) is 74.6 Å². The average Bonchev–Trinajstić information content (AvgIpc) is 3.43. The van der Waals surface area contributed by atoms with Crippen LogP contribution in [-0.2, 0) is 29.0 Å². The van der Waals surface area contributed by atoms with Crippen LogP contribution in [0.1, 0.15) is 61.1 Å². The average molecular weight is 612 g/mol. The summed E-state index contributed by atoms with van der Waals surface area (Å²) in [5.41, 5.74) is 5.42. The smallest absolute Gasteiger partial charge is 0.407 e. The van der Waals surface area contributed by atoms with Gasteiger partial charge in [0.1, 0.15) is 18.1 Å². The summed E-state index contributed by atoms with van der Waals surface area (Å²) in [6.07, 6.45) is 5.77. The number of amides is 1. The molecule has 45 heavy (non-hydrogen) atoms. The molecular formula is C36H41N3O6. The van der Waals surface area contributed by atoms with Crippen LogP contribution in [0.4, 0.5) is 16.2 Å².